The van der Waals surface area contributed by atoms with Crippen LogP contribution in [0.2, 0.25) is 5.02 Å². The van der Waals surface area contributed by atoms with Gasteiger partial charge in [-0.1, -0.05) is 29.8 Å². The lowest BCUT2D eigenvalue weighted by Gasteiger charge is -2.40. The van der Waals surface area contributed by atoms with Gasteiger partial charge in [-0.05, 0) is 37.0 Å². The van der Waals surface area contributed by atoms with Gasteiger partial charge < -0.3 is 45.1 Å². The zero-order chi connectivity index (χ0) is 28.8. The first kappa shape index (κ1) is 29.3. The van der Waals surface area contributed by atoms with Crippen LogP contribution in [-0.2, 0) is 0 Å². The standard InChI is InChI=1S/C28H36ClN5O6/c1-32(27(36)34-10-5-6-11-34)13-14-33-12-9-23(20(17-33)18-7-3-4-8-24(18)40-28(37)38)31-26(35)19-15-21(29)22(30)16-25(19)39-2/h3-4,7-8,15-16,20,23H,5-6,9-14,17,30H2,1-2H3,(H,31,35)(H,37,38)/p-1. The second-order valence-corrected chi connectivity index (χ2v) is 10.5. The molecule has 216 valence electrons. The molecule has 4 rings (SSSR count). The van der Waals surface area contributed by atoms with E-state index in [-0.39, 0.29) is 34.3 Å². The van der Waals surface area contributed by atoms with Gasteiger partial charge in [-0.3, -0.25) is 4.79 Å². The highest BCUT2D eigenvalue weighted by molar-refractivity contribution is 6.33. The molecule has 2 heterocycles. The molecule has 0 spiro atoms. The van der Waals surface area contributed by atoms with Crippen molar-refractivity contribution in [3.05, 3.63) is 52.5 Å². The van der Waals surface area contributed by atoms with E-state index in [9.17, 15) is 19.5 Å². The molecule has 2 aromatic carbocycles. The summed E-state index contributed by atoms with van der Waals surface area (Å²) < 4.78 is 10.3. The molecule has 0 radical (unpaired) electrons. The number of likely N-dealkylation sites (N-methyl/N-ethyl adjacent to an activating group) is 1. The number of nitrogens with two attached hydrogens (primary N) is 1. The van der Waals surface area contributed by atoms with E-state index in [2.05, 4.69) is 10.2 Å². The third-order valence-corrected chi connectivity index (χ3v) is 7.87. The van der Waals surface area contributed by atoms with Gasteiger partial charge in [0.25, 0.3) is 12.1 Å². The van der Waals surface area contributed by atoms with E-state index >= 15 is 0 Å². The van der Waals surface area contributed by atoms with Crippen LogP contribution in [0.1, 0.15) is 41.1 Å². The average Bonchev–Trinajstić information content (AvgIpc) is 3.48. The first-order valence-electron chi connectivity index (χ1n) is 13.3. The van der Waals surface area contributed by atoms with E-state index in [4.69, 9.17) is 26.8 Å². The van der Waals surface area contributed by atoms with E-state index in [1.807, 2.05) is 4.90 Å². The van der Waals surface area contributed by atoms with Gasteiger partial charge in [0, 0.05) is 64.3 Å². The van der Waals surface area contributed by atoms with E-state index in [0.717, 1.165) is 25.9 Å². The molecule has 11 nitrogen and oxygen atoms in total. The third-order valence-electron chi connectivity index (χ3n) is 7.54. The Hall–Kier alpha value is -3.70. The fourth-order valence-corrected chi connectivity index (χ4v) is 5.54. The summed E-state index contributed by atoms with van der Waals surface area (Å²) in [5.74, 6) is -0.262. The van der Waals surface area contributed by atoms with Crippen LogP contribution in [-0.4, -0.2) is 92.3 Å². The van der Waals surface area contributed by atoms with Crippen molar-refractivity contribution in [3.63, 3.8) is 0 Å². The zero-order valence-electron chi connectivity index (χ0n) is 22.7. The fraction of sp³-hybridized carbons (Fsp3) is 0.464. The number of amides is 3. The van der Waals surface area contributed by atoms with Gasteiger partial charge in [0.2, 0.25) is 0 Å². The number of hydrogen-bond acceptors (Lipinski definition) is 8. The first-order chi connectivity index (χ1) is 19.2. The number of carbonyl (C=O) groups is 3. The van der Waals surface area contributed by atoms with Gasteiger partial charge in [0.05, 0.1) is 29.1 Å². The molecule has 12 heteroatoms. The molecule has 2 atom stereocenters. The van der Waals surface area contributed by atoms with Gasteiger partial charge in [-0.25, -0.2) is 4.79 Å². The number of urea groups is 1. The smallest absolute Gasteiger partial charge is 0.319 e. The summed E-state index contributed by atoms with van der Waals surface area (Å²) >= 11 is 6.19. The lowest BCUT2D eigenvalue weighted by molar-refractivity contribution is -0.271. The molecule has 2 unspecified atom stereocenters. The van der Waals surface area contributed by atoms with Crippen LogP contribution in [0, 0.1) is 0 Å². The largest absolute Gasteiger partial charge is 0.514 e. The SMILES string of the molecule is COc1cc(N)c(Cl)cc1C(=O)NC1CCN(CCN(C)C(=O)N2CCCC2)CC1c1ccccc1OC(=O)[O-]. The van der Waals surface area contributed by atoms with Crippen LogP contribution in [0.25, 0.3) is 0 Å². The third kappa shape index (κ3) is 6.89. The summed E-state index contributed by atoms with van der Waals surface area (Å²) in [6.07, 6.45) is 0.971. The van der Waals surface area contributed by atoms with Crippen LogP contribution in [0.15, 0.2) is 36.4 Å². The van der Waals surface area contributed by atoms with Crippen molar-refractivity contribution in [2.45, 2.75) is 31.2 Å². The number of anilines is 1. The van der Waals surface area contributed by atoms with Crippen LogP contribution in [0.4, 0.5) is 15.3 Å². The highest BCUT2D eigenvalue weighted by Gasteiger charge is 2.34. The van der Waals surface area contributed by atoms with Gasteiger partial charge in [0.15, 0.2) is 0 Å². The summed E-state index contributed by atoms with van der Waals surface area (Å²) in [5, 5.41) is 14.6. The summed E-state index contributed by atoms with van der Waals surface area (Å²) in [5.41, 5.74) is 7.04. The summed E-state index contributed by atoms with van der Waals surface area (Å²) in [6.45, 7) is 3.90. The molecule has 3 amide bonds. The normalized spacial score (nSPS) is 19.2. The number of piperidine rings is 1. The maximum atomic E-state index is 13.4. The van der Waals surface area contributed by atoms with Gasteiger partial charge in [-0.15, -0.1) is 0 Å². The Balaban J connectivity index is 1.53. The highest BCUT2D eigenvalue weighted by atomic mass is 35.5. The number of ether oxygens (including phenoxy) is 2. The molecule has 2 fully saturated rings. The van der Waals surface area contributed by atoms with Crippen LogP contribution in [0.5, 0.6) is 11.5 Å². The van der Waals surface area contributed by atoms with Crippen molar-refractivity contribution in [1.29, 1.82) is 0 Å². The lowest BCUT2D eigenvalue weighted by atomic mass is 9.85. The van der Waals surface area contributed by atoms with Crippen LogP contribution < -0.4 is 25.6 Å². The number of benzene rings is 2. The van der Waals surface area contributed by atoms with E-state index in [0.29, 0.717) is 49.6 Å². The maximum absolute atomic E-state index is 13.4. The average molecular weight is 573 g/mol. The van der Waals surface area contributed by atoms with Crippen molar-refractivity contribution in [2.24, 2.45) is 0 Å². The number of methoxy groups -OCH3 is 1. The summed E-state index contributed by atoms with van der Waals surface area (Å²) in [6, 6.07) is 9.45. The molecule has 2 saturated heterocycles. The molecule has 2 aliphatic rings. The number of carboxylic acid groups (broad SMARTS) is 1. The number of carbonyl (C=O) groups excluding carboxylic acids is 3. The number of halogens is 1. The molecule has 0 aliphatic carbocycles. The molecule has 0 saturated carbocycles. The number of nitrogens with zero attached hydrogens (tertiary/aromatic N) is 3. The zero-order valence-corrected chi connectivity index (χ0v) is 23.5. The Bertz CT molecular complexity index is 1240. The van der Waals surface area contributed by atoms with Gasteiger partial charge >= 0.3 is 6.03 Å². The predicted octanol–water partition coefficient (Wildman–Crippen LogP) is 2.39. The minimum Gasteiger partial charge on any atom is -0.514 e. The topological polar surface area (TPSA) is 140 Å². The number of hydrogen-bond donors (Lipinski definition) is 2. The van der Waals surface area contributed by atoms with Crippen molar-refractivity contribution in [2.75, 3.05) is 59.2 Å². The lowest BCUT2D eigenvalue weighted by Crippen LogP contribution is -2.51. The molecule has 2 aliphatic heterocycles. The monoisotopic (exact) mass is 572 g/mol. The second-order valence-electron chi connectivity index (χ2n) is 10.1. The Labute approximate surface area is 238 Å². The molecule has 0 bridgehead atoms. The predicted molar refractivity (Wildman–Crippen MR) is 149 cm³/mol. The van der Waals surface area contributed by atoms with Gasteiger partial charge in [-0.2, -0.15) is 0 Å². The Morgan fingerprint density at radius 1 is 1.15 bits per heavy atom. The highest BCUT2D eigenvalue weighted by Crippen LogP contribution is 2.35. The van der Waals surface area contributed by atoms with Crippen molar-refractivity contribution < 1.29 is 29.0 Å². The van der Waals surface area contributed by atoms with Gasteiger partial charge in [0.1, 0.15) is 5.75 Å². The Morgan fingerprint density at radius 3 is 2.58 bits per heavy atom. The number of nitrogen functional groups attached to an aromatic ring is 1. The number of nitrogens with one attached hydrogen (secondary N) is 1. The minimum atomic E-state index is -1.66. The summed E-state index contributed by atoms with van der Waals surface area (Å²) in [4.78, 5) is 43.3. The van der Waals surface area contributed by atoms with Crippen molar-refractivity contribution in [3.8, 4) is 11.5 Å². The quantitative estimate of drug-likeness (QED) is 0.279. The van der Waals surface area contributed by atoms with E-state index in [1.54, 1.807) is 36.2 Å². The Kier molecular flexibility index (Phi) is 9.59. The first-order valence-corrected chi connectivity index (χ1v) is 13.7. The molecular formula is C28H35ClN5O6-. The molecule has 2 aromatic rings. The van der Waals surface area contributed by atoms with Crippen LogP contribution >= 0.6 is 11.6 Å². The summed E-state index contributed by atoms with van der Waals surface area (Å²) in [7, 11) is 3.25. The minimum absolute atomic E-state index is 0.0278. The maximum Gasteiger partial charge on any atom is 0.319 e. The number of para-hydroxylation sites is 1. The molecular weight excluding hydrogens is 538 g/mol. The second kappa shape index (κ2) is 13.1. The molecule has 3 N–H and O–H groups in total. The Morgan fingerprint density at radius 2 is 1.88 bits per heavy atom. The van der Waals surface area contributed by atoms with Crippen molar-refractivity contribution >= 4 is 35.4 Å². The molecule has 40 heavy (non-hydrogen) atoms. The number of likely N-dealkylation sites (tertiary alicyclic amines) is 2. The van der Waals surface area contributed by atoms with E-state index in [1.165, 1.54) is 19.2 Å². The fourth-order valence-electron chi connectivity index (χ4n) is 5.38. The van der Waals surface area contributed by atoms with Crippen LogP contribution in [0.3, 0.4) is 0 Å². The molecule has 0 aromatic heterocycles. The van der Waals surface area contributed by atoms with E-state index < -0.39 is 12.1 Å². The number of rotatable bonds is 8. The van der Waals surface area contributed by atoms with Crippen molar-refractivity contribution in [1.82, 2.24) is 20.0 Å².